The lowest BCUT2D eigenvalue weighted by molar-refractivity contribution is 0.103. The van der Waals surface area contributed by atoms with Gasteiger partial charge in [0, 0.05) is 9.13 Å². The Morgan fingerprint density at radius 1 is 1.20 bits per heavy atom. The number of nitrogen functional groups attached to an aromatic ring is 1. The van der Waals surface area contributed by atoms with Crippen LogP contribution >= 0.6 is 33.9 Å². The van der Waals surface area contributed by atoms with Crippen LogP contribution in [0.5, 0.6) is 0 Å². The number of rotatable bonds is 2. The minimum Gasteiger partial charge on any atom is -0.390 e. The van der Waals surface area contributed by atoms with Gasteiger partial charge in [-0.2, -0.15) is 0 Å². The first-order chi connectivity index (χ1) is 7.20. The monoisotopic (exact) mass is 329 g/mol. The van der Waals surface area contributed by atoms with E-state index in [9.17, 15) is 4.79 Å². The predicted molar refractivity (Wildman–Crippen MR) is 71.3 cm³/mol. The number of benzene rings is 1. The van der Waals surface area contributed by atoms with Gasteiger partial charge in [0.15, 0.2) is 5.78 Å². The molecule has 0 atom stereocenters. The zero-order valence-electron chi connectivity index (χ0n) is 7.74. The molecule has 0 fully saturated rings. The molecule has 76 valence electrons. The topological polar surface area (TPSA) is 43.1 Å². The third kappa shape index (κ3) is 2.05. The zero-order valence-corrected chi connectivity index (χ0v) is 10.7. The molecule has 0 aliphatic rings. The molecule has 0 spiro atoms. The lowest BCUT2D eigenvalue weighted by Gasteiger charge is -2.02. The van der Waals surface area contributed by atoms with Crippen molar-refractivity contribution in [1.82, 2.24) is 0 Å². The van der Waals surface area contributed by atoms with Crippen LogP contribution in [0.2, 0.25) is 0 Å². The smallest absolute Gasteiger partial charge is 0.197 e. The minimum atomic E-state index is -0.00116. The number of anilines is 1. The maximum Gasteiger partial charge on any atom is 0.197 e. The summed E-state index contributed by atoms with van der Waals surface area (Å²) in [6.45, 7) is 0. The lowest BCUT2D eigenvalue weighted by atomic mass is 10.1. The quantitative estimate of drug-likeness (QED) is 0.679. The molecule has 1 aromatic heterocycles. The van der Waals surface area contributed by atoms with Gasteiger partial charge in [0.2, 0.25) is 0 Å². The van der Waals surface area contributed by atoms with Crippen molar-refractivity contribution in [3.8, 4) is 0 Å². The average molecular weight is 329 g/mol. The van der Waals surface area contributed by atoms with E-state index in [0.717, 1.165) is 3.57 Å². The Hall–Kier alpha value is -0.880. The number of ketones is 1. The SMILES string of the molecule is Nc1sccc1C(=O)c1ccccc1I. The van der Waals surface area contributed by atoms with Gasteiger partial charge in [0.25, 0.3) is 0 Å². The van der Waals surface area contributed by atoms with Gasteiger partial charge in [-0.3, -0.25) is 4.79 Å². The average Bonchev–Trinajstić information content (AvgIpc) is 2.64. The van der Waals surface area contributed by atoms with E-state index in [1.807, 2.05) is 29.6 Å². The molecule has 1 aromatic carbocycles. The molecule has 1 heterocycles. The molecule has 2 aromatic rings. The van der Waals surface area contributed by atoms with Crippen molar-refractivity contribution >= 4 is 44.7 Å². The molecule has 2 rings (SSSR count). The second-order valence-corrected chi connectivity index (χ2v) is 5.12. The molecule has 15 heavy (non-hydrogen) atoms. The summed E-state index contributed by atoms with van der Waals surface area (Å²) < 4.78 is 0.950. The van der Waals surface area contributed by atoms with Crippen LogP contribution in [0.4, 0.5) is 5.00 Å². The van der Waals surface area contributed by atoms with Gasteiger partial charge in [-0.1, -0.05) is 12.1 Å². The van der Waals surface area contributed by atoms with E-state index < -0.39 is 0 Å². The summed E-state index contributed by atoms with van der Waals surface area (Å²) in [7, 11) is 0. The predicted octanol–water partition coefficient (Wildman–Crippen LogP) is 3.17. The number of hydrogen-bond donors (Lipinski definition) is 1. The Morgan fingerprint density at radius 3 is 2.53 bits per heavy atom. The molecule has 0 saturated carbocycles. The number of thiophene rings is 1. The molecule has 0 aliphatic carbocycles. The fourth-order valence-corrected chi connectivity index (χ4v) is 2.57. The number of hydrogen-bond acceptors (Lipinski definition) is 3. The highest BCUT2D eigenvalue weighted by molar-refractivity contribution is 14.1. The highest BCUT2D eigenvalue weighted by Gasteiger charge is 2.15. The molecular weight excluding hydrogens is 321 g/mol. The Labute approximate surface area is 105 Å². The summed E-state index contributed by atoms with van der Waals surface area (Å²) in [4.78, 5) is 12.1. The standard InChI is InChI=1S/C11H8INOS/c12-9-4-2-1-3-7(9)10(14)8-5-6-15-11(8)13/h1-6H,13H2. The minimum absolute atomic E-state index is 0.00116. The zero-order chi connectivity index (χ0) is 10.8. The molecule has 0 unspecified atom stereocenters. The van der Waals surface area contributed by atoms with Crippen LogP contribution in [-0.4, -0.2) is 5.78 Å². The van der Waals surface area contributed by atoms with Crippen molar-refractivity contribution in [1.29, 1.82) is 0 Å². The molecule has 0 saturated heterocycles. The summed E-state index contributed by atoms with van der Waals surface area (Å²) >= 11 is 3.54. The van der Waals surface area contributed by atoms with E-state index in [1.54, 1.807) is 6.07 Å². The normalized spacial score (nSPS) is 10.2. The lowest BCUT2D eigenvalue weighted by Crippen LogP contribution is -2.04. The van der Waals surface area contributed by atoms with E-state index >= 15 is 0 Å². The van der Waals surface area contributed by atoms with Crippen molar-refractivity contribution < 1.29 is 4.79 Å². The van der Waals surface area contributed by atoms with E-state index in [2.05, 4.69) is 22.6 Å². The Kier molecular flexibility index (Phi) is 3.06. The van der Waals surface area contributed by atoms with E-state index in [-0.39, 0.29) is 5.78 Å². The second kappa shape index (κ2) is 4.32. The van der Waals surface area contributed by atoms with Gasteiger partial charge < -0.3 is 5.73 Å². The molecule has 0 aliphatic heterocycles. The van der Waals surface area contributed by atoms with Gasteiger partial charge >= 0.3 is 0 Å². The van der Waals surface area contributed by atoms with Gasteiger partial charge in [0.1, 0.15) is 0 Å². The first-order valence-electron chi connectivity index (χ1n) is 4.32. The second-order valence-electron chi connectivity index (χ2n) is 3.01. The third-order valence-electron chi connectivity index (χ3n) is 2.06. The van der Waals surface area contributed by atoms with Crippen molar-refractivity contribution in [3.05, 3.63) is 50.4 Å². The van der Waals surface area contributed by atoms with E-state index in [4.69, 9.17) is 5.73 Å². The number of halogens is 1. The summed E-state index contributed by atoms with van der Waals surface area (Å²) in [6.07, 6.45) is 0. The largest absolute Gasteiger partial charge is 0.390 e. The fraction of sp³-hybridized carbons (Fsp3) is 0. The van der Waals surface area contributed by atoms with Crippen molar-refractivity contribution in [2.45, 2.75) is 0 Å². The summed E-state index contributed by atoms with van der Waals surface area (Å²) in [5.41, 5.74) is 7.04. The Balaban J connectivity index is 2.46. The molecule has 0 amide bonds. The fourth-order valence-electron chi connectivity index (χ4n) is 1.30. The first kappa shape index (κ1) is 10.6. The Bertz CT molecular complexity index is 507. The van der Waals surface area contributed by atoms with Crippen LogP contribution < -0.4 is 5.73 Å². The highest BCUT2D eigenvalue weighted by atomic mass is 127. The summed E-state index contributed by atoms with van der Waals surface area (Å²) in [5.74, 6) is -0.00116. The van der Waals surface area contributed by atoms with Crippen LogP contribution in [0, 0.1) is 3.57 Å². The van der Waals surface area contributed by atoms with Crippen molar-refractivity contribution in [2.24, 2.45) is 0 Å². The van der Waals surface area contributed by atoms with Gasteiger partial charge in [0.05, 0.1) is 10.6 Å². The van der Waals surface area contributed by atoms with E-state index in [0.29, 0.717) is 16.1 Å². The number of nitrogens with two attached hydrogens (primary N) is 1. The molecule has 0 bridgehead atoms. The van der Waals surface area contributed by atoms with Crippen LogP contribution in [0.25, 0.3) is 0 Å². The first-order valence-corrected chi connectivity index (χ1v) is 6.28. The molecule has 4 heteroatoms. The number of carbonyl (C=O) groups is 1. The van der Waals surface area contributed by atoms with Crippen molar-refractivity contribution in [2.75, 3.05) is 5.73 Å². The van der Waals surface area contributed by atoms with Crippen LogP contribution in [0.15, 0.2) is 35.7 Å². The van der Waals surface area contributed by atoms with Crippen molar-refractivity contribution in [3.63, 3.8) is 0 Å². The van der Waals surface area contributed by atoms with E-state index in [1.165, 1.54) is 11.3 Å². The maximum atomic E-state index is 12.1. The number of carbonyl (C=O) groups excluding carboxylic acids is 1. The maximum absolute atomic E-state index is 12.1. The summed E-state index contributed by atoms with van der Waals surface area (Å²) in [6, 6.07) is 9.27. The molecule has 2 nitrogen and oxygen atoms in total. The summed E-state index contributed by atoms with van der Waals surface area (Å²) in [5, 5.41) is 2.41. The Morgan fingerprint density at radius 2 is 1.93 bits per heavy atom. The molecular formula is C11H8INOS. The highest BCUT2D eigenvalue weighted by Crippen LogP contribution is 2.24. The van der Waals surface area contributed by atoms with Gasteiger partial charge in [-0.25, -0.2) is 0 Å². The third-order valence-corrected chi connectivity index (χ3v) is 3.74. The molecule has 0 radical (unpaired) electrons. The van der Waals surface area contributed by atoms with Crippen LogP contribution in [0.3, 0.4) is 0 Å². The van der Waals surface area contributed by atoms with Gasteiger partial charge in [-0.15, -0.1) is 11.3 Å². The molecule has 2 N–H and O–H groups in total. The van der Waals surface area contributed by atoms with Crippen LogP contribution in [-0.2, 0) is 0 Å². The van der Waals surface area contributed by atoms with Crippen LogP contribution in [0.1, 0.15) is 15.9 Å². The van der Waals surface area contributed by atoms with Gasteiger partial charge in [-0.05, 0) is 46.2 Å².